The Kier molecular flexibility index (Phi) is 7.01. The lowest BCUT2D eigenvalue weighted by Gasteiger charge is -2.06. The molecule has 1 amide bonds. The number of halogens is 1. The van der Waals surface area contributed by atoms with Crippen LogP contribution < -0.4 is 5.32 Å². The average molecular weight is 299 g/mol. The van der Waals surface area contributed by atoms with E-state index < -0.39 is 10.8 Å². The molecule has 0 radical (unpaired) electrons. The third-order valence-electron chi connectivity index (χ3n) is 2.97. The molecule has 1 rings (SSSR count). The number of nitro benzene ring substituents is 1. The number of hydrogen-bond acceptors (Lipinski definition) is 3. The molecular weight excluding hydrogens is 280 g/mol. The molecule has 0 aromatic heterocycles. The highest BCUT2D eigenvalue weighted by atomic mass is 35.5. The van der Waals surface area contributed by atoms with E-state index in [9.17, 15) is 14.9 Å². The van der Waals surface area contributed by atoms with E-state index in [1.807, 2.05) is 0 Å². The van der Waals surface area contributed by atoms with Gasteiger partial charge in [-0.25, -0.2) is 0 Å². The summed E-state index contributed by atoms with van der Waals surface area (Å²) in [6, 6.07) is 3.98. The monoisotopic (exact) mass is 298 g/mol. The number of rotatable bonds is 8. The number of unbranched alkanes of at least 4 members (excludes halogenated alkanes) is 4. The summed E-state index contributed by atoms with van der Waals surface area (Å²) >= 11 is 5.78. The van der Waals surface area contributed by atoms with Crippen LogP contribution in [0.15, 0.2) is 18.2 Å². The standard InChI is InChI=1S/C14H19ClN2O3/c1-2-3-4-5-6-9-16-14(18)12-10-11(15)7-8-13(12)17(19)20/h7-8,10H,2-6,9H2,1H3,(H,16,18). The fraction of sp³-hybridized carbons (Fsp3) is 0.500. The zero-order chi connectivity index (χ0) is 15.0. The molecule has 0 saturated carbocycles. The molecule has 0 atom stereocenters. The summed E-state index contributed by atoms with van der Waals surface area (Å²) in [6.07, 6.45) is 5.42. The molecule has 6 heteroatoms. The number of nitrogens with one attached hydrogen (secondary N) is 1. The molecule has 0 unspecified atom stereocenters. The molecule has 20 heavy (non-hydrogen) atoms. The van der Waals surface area contributed by atoms with Crippen LogP contribution in [0.3, 0.4) is 0 Å². The molecule has 0 fully saturated rings. The average Bonchev–Trinajstić information content (AvgIpc) is 2.42. The van der Waals surface area contributed by atoms with Gasteiger partial charge in [-0.3, -0.25) is 14.9 Å². The first-order chi connectivity index (χ1) is 9.56. The number of carbonyl (C=O) groups is 1. The van der Waals surface area contributed by atoms with Gasteiger partial charge in [-0.1, -0.05) is 44.2 Å². The maximum Gasteiger partial charge on any atom is 0.282 e. The SMILES string of the molecule is CCCCCCCNC(=O)c1cc(Cl)ccc1[N+](=O)[O-]. The summed E-state index contributed by atoms with van der Waals surface area (Å²) < 4.78 is 0. The Labute approximate surface area is 123 Å². The second kappa shape index (κ2) is 8.53. The minimum atomic E-state index is -0.577. The number of carbonyl (C=O) groups excluding carboxylic acids is 1. The molecule has 0 heterocycles. The first kappa shape index (κ1) is 16.4. The Hall–Kier alpha value is -1.62. The first-order valence-electron chi connectivity index (χ1n) is 6.78. The maximum atomic E-state index is 11.9. The Balaban J connectivity index is 2.54. The van der Waals surface area contributed by atoms with Gasteiger partial charge < -0.3 is 5.32 Å². The second-order valence-corrected chi connectivity index (χ2v) is 5.03. The lowest BCUT2D eigenvalue weighted by Crippen LogP contribution is -2.25. The summed E-state index contributed by atoms with van der Waals surface area (Å²) in [5.41, 5.74) is -0.214. The first-order valence-corrected chi connectivity index (χ1v) is 7.16. The number of benzene rings is 1. The van der Waals surface area contributed by atoms with Gasteiger partial charge in [0.05, 0.1) is 4.92 Å². The van der Waals surface area contributed by atoms with Crippen molar-refractivity contribution in [3.8, 4) is 0 Å². The fourth-order valence-corrected chi connectivity index (χ4v) is 2.05. The van der Waals surface area contributed by atoms with Gasteiger partial charge in [0.15, 0.2) is 0 Å². The van der Waals surface area contributed by atoms with E-state index in [1.165, 1.54) is 31.0 Å². The number of hydrogen-bond donors (Lipinski definition) is 1. The highest BCUT2D eigenvalue weighted by molar-refractivity contribution is 6.31. The lowest BCUT2D eigenvalue weighted by atomic mass is 10.1. The molecule has 0 aliphatic heterocycles. The minimum Gasteiger partial charge on any atom is -0.352 e. The van der Waals surface area contributed by atoms with Crippen LogP contribution >= 0.6 is 11.6 Å². The maximum absolute atomic E-state index is 11.9. The van der Waals surface area contributed by atoms with Crippen LogP contribution in [0.4, 0.5) is 5.69 Å². The van der Waals surface area contributed by atoms with Crippen molar-refractivity contribution in [2.45, 2.75) is 39.0 Å². The van der Waals surface area contributed by atoms with E-state index in [0.29, 0.717) is 11.6 Å². The van der Waals surface area contributed by atoms with E-state index in [2.05, 4.69) is 12.2 Å². The molecule has 0 aliphatic carbocycles. The smallest absolute Gasteiger partial charge is 0.282 e. The van der Waals surface area contributed by atoms with E-state index >= 15 is 0 Å². The van der Waals surface area contributed by atoms with Crippen molar-refractivity contribution >= 4 is 23.2 Å². The molecule has 1 N–H and O–H groups in total. The molecule has 110 valence electrons. The van der Waals surface area contributed by atoms with Crippen molar-refractivity contribution < 1.29 is 9.72 Å². The van der Waals surface area contributed by atoms with Crippen molar-refractivity contribution in [2.24, 2.45) is 0 Å². The van der Waals surface area contributed by atoms with E-state index in [1.54, 1.807) is 0 Å². The normalized spacial score (nSPS) is 10.3. The number of nitrogens with zero attached hydrogens (tertiary/aromatic N) is 1. The second-order valence-electron chi connectivity index (χ2n) is 4.59. The highest BCUT2D eigenvalue weighted by Crippen LogP contribution is 2.22. The summed E-state index contributed by atoms with van der Waals surface area (Å²) in [6.45, 7) is 2.66. The van der Waals surface area contributed by atoms with Crippen LogP contribution in [0.2, 0.25) is 5.02 Å². The van der Waals surface area contributed by atoms with Crippen molar-refractivity contribution in [3.05, 3.63) is 38.9 Å². The van der Waals surface area contributed by atoms with Crippen molar-refractivity contribution in [2.75, 3.05) is 6.54 Å². The summed E-state index contributed by atoms with van der Waals surface area (Å²) in [7, 11) is 0. The molecule has 0 saturated heterocycles. The van der Waals surface area contributed by atoms with E-state index in [0.717, 1.165) is 19.3 Å². The zero-order valence-electron chi connectivity index (χ0n) is 11.5. The van der Waals surface area contributed by atoms with Crippen LogP contribution in [0.25, 0.3) is 0 Å². The molecule has 0 spiro atoms. The summed E-state index contributed by atoms with van der Waals surface area (Å²) in [5.74, 6) is -0.449. The molecular formula is C14H19ClN2O3. The van der Waals surface area contributed by atoms with Gasteiger partial charge in [0, 0.05) is 17.6 Å². The van der Waals surface area contributed by atoms with E-state index in [4.69, 9.17) is 11.6 Å². The van der Waals surface area contributed by atoms with E-state index in [-0.39, 0.29) is 11.3 Å². The number of nitro groups is 1. The summed E-state index contributed by atoms with van der Waals surface area (Å²) in [5, 5.41) is 13.9. The van der Waals surface area contributed by atoms with Crippen molar-refractivity contribution in [3.63, 3.8) is 0 Å². The Bertz CT molecular complexity index is 477. The van der Waals surface area contributed by atoms with Gasteiger partial charge in [0.1, 0.15) is 5.56 Å². The predicted molar refractivity (Wildman–Crippen MR) is 79.2 cm³/mol. The molecule has 1 aromatic rings. The van der Waals surface area contributed by atoms with Gasteiger partial charge in [-0.2, -0.15) is 0 Å². The van der Waals surface area contributed by atoms with Crippen molar-refractivity contribution in [1.82, 2.24) is 5.32 Å². The molecule has 5 nitrogen and oxygen atoms in total. The topological polar surface area (TPSA) is 72.2 Å². The highest BCUT2D eigenvalue weighted by Gasteiger charge is 2.19. The minimum absolute atomic E-state index is 0.0102. The third-order valence-corrected chi connectivity index (χ3v) is 3.20. The fourth-order valence-electron chi connectivity index (χ4n) is 1.88. The van der Waals surface area contributed by atoms with Gasteiger partial charge in [-0.15, -0.1) is 0 Å². The largest absolute Gasteiger partial charge is 0.352 e. The predicted octanol–water partition coefficient (Wildman–Crippen LogP) is 3.95. The van der Waals surface area contributed by atoms with Gasteiger partial charge >= 0.3 is 0 Å². The Morgan fingerprint density at radius 2 is 2.00 bits per heavy atom. The van der Waals surface area contributed by atoms with Gasteiger partial charge in [0.2, 0.25) is 0 Å². The Morgan fingerprint density at radius 3 is 2.65 bits per heavy atom. The molecule has 1 aromatic carbocycles. The lowest BCUT2D eigenvalue weighted by molar-refractivity contribution is -0.385. The van der Waals surface area contributed by atoms with Crippen LogP contribution in [0.5, 0.6) is 0 Å². The quantitative estimate of drug-likeness (QED) is 0.449. The summed E-state index contributed by atoms with van der Waals surface area (Å²) in [4.78, 5) is 22.2. The third kappa shape index (κ3) is 5.17. The zero-order valence-corrected chi connectivity index (χ0v) is 12.3. The number of amides is 1. The van der Waals surface area contributed by atoms with Gasteiger partial charge in [-0.05, 0) is 18.6 Å². The molecule has 0 aliphatic rings. The van der Waals surface area contributed by atoms with Gasteiger partial charge in [0.25, 0.3) is 11.6 Å². The molecule has 0 bridgehead atoms. The Morgan fingerprint density at radius 1 is 1.30 bits per heavy atom. The van der Waals surface area contributed by atoms with Crippen LogP contribution in [0.1, 0.15) is 49.4 Å². The van der Waals surface area contributed by atoms with Crippen LogP contribution in [-0.2, 0) is 0 Å². The van der Waals surface area contributed by atoms with Crippen molar-refractivity contribution in [1.29, 1.82) is 0 Å². The van der Waals surface area contributed by atoms with Crippen LogP contribution in [0, 0.1) is 10.1 Å². The van der Waals surface area contributed by atoms with Crippen LogP contribution in [-0.4, -0.2) is 17.4 Å².